The van der Waals surface area contributed by atoms with E-state index in [1.807, 2.05) is 48.7 Å². The molecule has 3 heterocycles. The van der Waals surface area contributed by atoms with Crippen LogP contribution >= 0.6 is 0 Å². The maximum atomic E-state index is 12.9. The zero-order valence-corrected chi connectivity index (χ0v) is 14.6. The number of fused-ring (bicyclic) bond motifs is 2. The number of rotatable bonds is 3. The van der Waals surface area contributed by atoms with Gasteiger partial charge in [-0.2, -0.15) is 0 Å². The smallest absolute Gasteiger partial charge is 0.253 e. The van der Waals surface area contributed by atoms with Gasteiger partial charge in [-0.25, -0.2) is 0 Å². The van der Waals surface area contributed by atoms with Gasteiger partial charge in [-0.15, -0.1) is 0 Å². The molecule has 0 radical (unpaired) electrons. The molecule has 0 bridgehead atoms. The number of nitrogens with zero attached hydrogens (tertiary/aromatic N) is 3. The lowest BCUT2D eigenvalue weighted by Crippen LogP contribution is -2.44. The summed E-state index contributed by atoms with van der Waals surface area (Å²) in [7, 11) is 0. The molecule has 1 spiro atoms. The number of aromatic nitrogens is 1. The van der Waals surface area contributed by atoms with E-state index in [1.165, 1.54) is 0 Å². The van der Waals surface area contributed by atoms with Crippen LogP contribution in [0.1, 0.15) is 24.1 Å². The maximum absolute atomic E-state index is 12.9. The van der Waals surface area contributed by atoms with E-state index in [9.17, 15) is 4.79 Å². The van der Waals surface area contributed by atoms with Crippen LogP contribution in [-0.4, -0.2) is 40.3 Å². The van der Waals surface area contributed by atoms with Crippen LogP contribution < -0.4 is 5.32 Å². The Balaban J connectivity index is 1.39. The molecule has 5 nitrogen and oxygen atoms in total. The zero-order valence-electron chi connectivity index (χ0n) is 14.6. The average Bonchev–Trinajstić information content (AvgIpc) is 3.33. The maximum Gasteiger partial charge on any atom is 0.253 e. The van der Waals surface area contributed by atoms with Crippen molar-refractivity contribution in [3.05, 3.63) is 66.0 Å². The Hall–Kier alpha value is -2.53. The van der Waals surface area contributed by atoms with Gasteiger partial charge in [-0.3, -0.25) is 19.7 Å². The highest BCUT2D eigenvalue weighted by atomic mass is 16.2. The number of pyridine rings is 1. The third-order valence-corrected chi connectivity index (χ3v) is 6.12. The number of benzene rings is 1. The van der Waals surface area contributed by atoms with Crippen molar-refractivity contribution < 1.29 is 4.79 Å². The van der Waals surface area contributed by atoms with Gasteiger partial charge < -0.3 is 5.32 Å². The molecular formula is C21H22N4O. The number of carbonyl (C=O) groups excluding carboxylic acids is 1. The highest BCUT2D eigenvalue weighted by Gasteiger charge is 2.59. The summed E-state index contributed by atoms with van der Waals surface area (Å²) in [5.74, 6) is 1.67. The summed E-state index contributed by atoms with van der Waals surface area (Å²) >= 11 is 0. The first-order chi connectivity index (χ1) is 12.7. The van der Waals surface area contributed by atoms with Gasteiger partial charge in [0.2, 0.25) is 0 Å². The highest BCUT2D eigenvalue weighted by molar-refractivity contribution is 6.15. The van der Waals surface area contributed by atoms with Gasteiger partial charge >= 0.3 is 0 Å². The summed E-state index contributed by atoms with van der Waals surface area (Å²) < 4.78 is 0. The van der Waals surface area contributed by atoms with Gasteiger partial charge in [0.15, 0.2) is 0 Å². The van der Waals surface area contributed by atoms with Crippen molar-refractivity contribution in [2.24, 2.45) is 16.8 Å². The molecule has 3 aliphatic rings. The fourth-order valence-corrected chi connectivity index (χ4v) is 4.88. The highest BCUT2D eigenvalue weighted by Crippen LogP contribution is 2.49. The normalized spacial score (nSPS) is 30.5. The van der Waals surface area contributed by atoms with Crippen molar-refractivity contribution in [3.63, 3.8) is 0 Å². The molecule has 26 heavy (non-hydrogen) atoms. The second kappa shape index (κ2) is 6.02. The van der Waals surface area contributed by atoms with Gasteiger partial charge in [0.25, 0.3) is 5.91 Å². The van der Waals surface area contributed by atoms with Crippen molar-refractivity contribution in [3.8, 4) is 0 Å². The molecule has 5 rings (SSSR count). The first-order valence-electron chi connectivity index (χ1n) is 9.34. The summed E-state index contributed by atoms with van der Waals surface area (Å²) in [6, 6.07) is 16.0. The monoisotopic (exact) mass is 346 g/mol. The SMILES string of the molecule is O=C1NC(c2ccccc2)=N[C@@]12CC[C@@H]1CN(Cc3ccccn3)C[C@@H]12. The number of aliphatic imine (C=N–C) groups is 1. The van der Waals surface area contributed by atoms with E-state index in [1.54, 1.807) is 0 Å². The Morgan fingerprint density at radius 1 is 1.12 bits per heavy atom. The van der Waals surface area contributed by atoms with Crippen molar-refractivity contribution >= 4 is 11.7 Å². The van der Waals surface area contributed by atoms with Crippen LogP contribution in [0.4, 0.5) is 0 Å². The third-order valence-electron chi connectivity index (χ3n) is 6.12. The predicted octanol–water partition coefficient (Wildman–Crippen LogP) is 2.24. The van der Waals surface area contributed by atoms with Crippen LogP contribution in [0, 0.1) is 11.8 Å². The molecule has 1 amide bonds. The van der Waals surface area contributed by atoms with Gasteiger partial charge in [-0.05, 0) is 30.9 Å². The van der Waals surface area contributed by atoms with Crippen molar-refractivity contribution in [1.29, 1.82) is 0 Å². The standard InChI is InChI=1S/C21H22N4O/c26-20-21(24-19(23-20)15-6-2-1-3-7-15)10-9-16-12-25(14-18(16)21)13-17-8-4-5-11-22-17/h1-8,11,16,18H,9-10,12-14H2,(H,23,24,26)/t16-,18+,21-/m1/s1. The molecule has 3 atom stereocenters. The molecule has 2 aromatic rings. The minimum atomic E-state index is -0.575. The lowest BCUT2D eigenvalue weighted by Gasteiger charge is -2.25. The Kier molecular flexibility index (Phi) is 3.64. The number of amides is 1. The minimum absolute atomic E-state index is 0.0866. The Morgan fingerprint density at radius 3 is 2.77 bits per heavy atom. The number of likely N-dealkylation sites (tertiary alicyclic amines) is 1. The van der Waals surface area contributed by atoms with Crippen LogP contribution in [0.15, 0.2) is 59.7 Å². The number of hydrogen-bond acceptors (Lipinski definition) is 4. The van der Waals surface area contributed by atoms with Crippen LogP contribution in [0.3, 0.4) is 0 Å². The molecule has 0 unspecified atom stereocenters. The predicted molar refractivity (Wildman–Crippen MR) is 99.6 cm³/mol. The largest absolute Gasteiger partial charge is 0.308 e. The van der Waals surface area contributed by atoms with Gasteiger partial charge in [-0.1, -0.05) is 36.4 Å². The van der Waals surface area contributed by atoms with E-state index >= 15 is 0 Å². The zero-order chi connectivity index (χ0) is 17.6. The minimum Gasteiger partial charge on any atom is -0.308 e. The summed E-state index contributed by atoms with van der Waals surface area (Å²) in [4.78, 5) is 24.8. The Morgan fingerprint density at radius 2 is 1.96 bits per heavy atom. The first-order valence-corrected chi connectivity index (χ1v) is 9.34. The molecule has 1 aromatic heterocycles. The molecule has 1 saturated carbocycles. The van der Waals surface area contributed by atoms with Crippen molar-refractivity contribution in [2.45, 2.75) is 24.9 Å². The Labute approximate surface area is 153 Å². The summed E-state index contributed by atoms with van der Waals surface area (Å²) in [5, 5.41) is 3.06. The molecule has 132 valence electrons. The van der Waals surface area contributed by atoms with Crippen LogP contribution in [0.2, 0.25) is 0 Å². The van der Waals surface area contributed by atoms with Gasteiger partial charge in [0.05, 0.1) is 5.69 Å². The van der Waals surface area contributed by atoms with Crippen LogP contribution in [-0.2, 0) is 11.3 Å². The third kappa shape index (κ3) is 2.46. The van der Waals surface area contributed by atoms with Crippen molar-refractivity contribution in [2.75, 3.05) is 13.1 Å². The second-order valence-corrected chi connectivity index (χ2v) is 7.63. The van der Waals surface area contributed by atoms with E-state index in [4.69, 9.17) is 4.99 Å². The lowest BCUT2D eigenvalue weighted by molar-refractivity contribution is -0.125. The second-order valence-electron chi connectivity index (χ2n) is 7.63. The van der Waals surface area contributed by atoms with Crippen LogP contribution in [0.5, 0.6) is 0 Å². The summed E-state index contributed by atoms with van der Waals surface area (Å²) in [6.45, 7) is 2.80. The molecule has 2 aliphatic heterocycles. The average molecular weight is 346 g/mol. The molecule has 1 aliphatic carbocycles. The molecular weight excluding hydrogens is 324 g/mol. The molecule has 1 N–H and O–H groups in total. The fourth-order valence-electron chi connectivity index (χ4n) is 4.88. The number of amidine groups is 1. The molecule has 5 heteroatoms. The van der Waals surface area contributed by atoms with Crippen molar-refractivity contribution in [1.82, 2.24) is 15.2 Å². The lowest BCUT2D eigenvalue weighted by atomic mass is 9.85. The number of nitrogens with one attached hydrogen (secondary N) is 1. The molecule has 2 fully saturated rings. The van der Waals surface area contributed by atoms with Gasteiger partial charge in [0.1, 0.15) is 11.4 Å². The summed E-state index contributed by atoms with van der Waals surface area (Å²) in [6.07, 6.45) is 3.78. The van der Waals surface area contributed by atoms with E-state index < -0.39 is 5.54 Å². The topological polar surface area (TPSA) is 57.6 Å². The summed E-state index contributed by atoms with van der Waals surface area (Å²) in [5.41, 5.74) is 1.50. The quantitative estimate of drug-likeness (QED) is 0.927. The van der Waals surface area contributed by atoms with Gasteiger partial charge in [0, 0.05) is 37.3 Å². The first kappa shape index (κ1) is 15.7. The fraction of sp³-hybridized carbons (Fsp3) is 0.381. The van der Waals surface area contributed by atoms with E-state index in [-0.39, 0.29) is 5.91 Å². The Bertz CT molecular complexity index is 851. The molecule has 1 saturated heterocycles. The number of hydrogen-bond donors (Lipinski definition) is 1. The molecule has 1 aromatic carbocycles. The van der Waals surface area contributed by atoms with E-state index in [0.717, 1.165) is 49.6 Å². The van der Waals surface area contributed by atoms with Crippen LogP contribution in [0.25, 0.3) is 0 Å². The van der Waals surface area contributed by atoms with E-state index in [2.05, 4.69) is 21.3 Å². The number of carbonyl (C=O) groups is 1. The van der Waals surface area contributed by atoms with E-state index in [0.29, 0.717) is 11.8 Å².